The summed E-state index contributed by atoms with van der Waals surface area (Å²) in [5.41, 5.74) is 1.42. The van der Waals surface area contributed by atoms with Gasteiger partial charge in [-0.2, -0.15) is 10.2 Å². The summed E-state index contributed by atoms with van der Waals surface area (Å²) in [6.07, 6.45) is 8.00. The van der Waals surface area contributed by atoms with Gasteiger partial charge in [-0.1, -0.05) is 0 Å². The van der Waals surface area contributed by atoms with Crippen molar-refractivity contribution in [1.82, 2.24) is 24.9 Å². The molecule has 3 heterocycles. The number of ether oxygens (including phenoxy) is 1. The number of carbonyl (C=O) groups is 1. The lowest BCUT2D eigenvalue weighted by atomic mass is 9.93. The maximum atomic E-state index is 12.2. The third kappa shape index (κ3) is 2.47. The van der Waals surface area contributed by atoms with Crippen LogP contribution in [0.5, 0.6) is 5.88 Å². The zero-order valence-corrected chi connectivity index (χ0v) is 12.4. The van der Waals surface area contributed by atoms with Crippen LogP contribution in [0, 0.1) is 0 Å². The minimum absolute atomic E-state index is 0.113. The standard InChI is InChI=1S/C15H19N5O2/c21-15(11-8-17-20(10-11)13-3-1-4-13)16-9-12-7-14-19(18-12)5-2-6-22-14/h7-8,10,13H,1-6,9H2,(H,16,21). The summed E-state index contributed by atoms with van der Waals surface area (Å²) in [5.74, 6) is 0.672. The molecule has 1 fully saturated rings. The first kappa shape index (κ1) is 13.4. The second kappa shape index (κ2) is 5.47. The van der Waals surface area contributed by atoms with Gasteiger partial charge in [-0.15, -0.1) is 0 Å². The third-order valence-corrected chi connectivity index (χ3v) is 4.30. The van der Waals surface area contributed by atoms with E-state index in [1.165, 1.54) is 6.42 Å². The van der Waals surface area contributed by atoms with Crippen LogP contribution in [0.25, 0.3) is 0 Å². The van der Waals surface area contributed by atoms with Crippen molar-refractivity contribution in [3.63, 3.8) is 0 Å². The molecular formula is C15H19N5O2. The molecule has 0 bridgehead atoms. The van der Waals surface area contributed by atoms with Gasteiger partial charge >= 0.3 is 0 Å². The smallest absolute Gasteiger partial charge is 0.254 e. The summed E-state index contributed by atoms with van der Waals surface area (Å²) >= 11 is 0. The molecule has 0 aromatic carbocycles. The largest absolute Gasteiger partial charge is 0.478 e. The van der Waals surface area contributed by atoms with Crippen LogP contribution in [0.3, 0.4) is 0 Å². The van der Waals surface area contributed by atoms with Crippen LogP contribution in [0.1, 0.15) is 47.8 Å². The summed E-state index contributed by atoms with van der Waals surface area (Å²) in [4.78, 5) is 12.2. The Balaban J connectivity index is 1.37. The highest BCUT2D eigenvalue weighted by molar-refractivity contribution is 5.93. The van der Waals surface area contributed by atoms with Gasteiger partial charge in [0.05, 0.1) is 36.6 Å². The summed E-state index contributed by atoms with van der Waals surface area (Å²) in [6, 6.07) is 2.36. The first-order valence-corrected chi connectivity index (χ1v) is 7.81. The maximum Gasteiger partial charge on any atom is 0.254 e. The topological polar surface area (TPSA) is 74.0 Å². The number of rotatable bonds is 4. The minimum atomic E-state index is -0.113. The fraction of sp³-hybridized carbons (Fsp3) is 0.533. The van der Waals surface area contributed by atoms with Crippen molar-refractivity contribution >= 4 is 5.91 Å². The van der Waals surface area contributed by atoms with Crippen molar-refractivity contribution < 1.29 is 9.53 Å². The van der Waals surface area contributed by atoms with Crippen LogP contribution in [-0.2, 0) is 13.1 Å². The molecule has 2 aromatic rings. The number of aromatic nitrogens is 4. The SMILES string of the molecule is O=C(NCc1cc2n(n1)CCCO2)c1cnn(C2CCC2)c1. The highest BCUT2D eigenvalue weighted by Gasteiger charge is 2.21. The van der Waals surface area contributed by atoms with Crippen molar-refractivity contribution in [2.24, 2.45) is 0 Å². The molecule has 1 amide bonds. The van der Waals surface area contributed by atoms with E-state index >= 15 is 0 Å². The molecule has 0 unspecified atom stereocenters. The van der Waals surface area contributed by atoms with E-state index in [2.05, 4.69) is 15.5 Å². The molecule has 0 saturated heterocycles. The first-order valence-electron chi connectivity index (χ1n) is 7.81. The van der Waals surface area contributed by atoms with Crippen LogP contribution in [0.2, 0.25) is 0 Å². The number of hydrogen-bond acceptors (Lipinski definition) is 4. The zero-order chi connectivity index (χ0) is 14.9. The minimum Gasteiger partial charge on any atom is -0.478 e. The summed E-state index contributed by atoms with van der Waals surface area (Å²) in [7, 11) is 0. The number of nitrogens with zero attached hydrogens (tertiary/aromatic N) is 4. The molecular weight excluding hydrogens is 282 g/mol. The van der Waals surface area contributed by atoms with Crippen molar-refractivity contribution in [3.05, 3.63) is 29.7 Å². The zero-order valence-electron chi connectivity index (χ0n) is 12.4. The first-order chi connectivity index (χ1) is 10.8. The number of aryl methyl sites for hydroxylation is 1. The van der Waals surface area contributed by atoms with E-state index in [1.54, 1.807) is 6.20 Å². The molecule has 1 aliphatic heterocycles. The van der Waals surface area contributed by atoms with Crippen LogP contribution >= 0.6 is 0 Å². The van der Waals surface area contributed by atoms with Gasteiger partial charge in [0.1, 0.15) is 0 Å². The van der Waals surface area contributed by atoms with Crippen LogP contribution < -0.4 is 10.1 Å². The van der Waals surface area contributed by atoms with Crippen LogP contribution in [0.15, 0.2) is 18.5 Å². The molecule has 7 heteroatoms. The monoisotopic (exact) mass is 301 g/mol. The Morgan fingerprint density at radius 3 is 3.09 bits per heavy atom. The van der Waals surface area contributed by atoms with E-state index < -0.39 is 0 Å². The molecule has 0 spiro atoms. The number of carbonyl (C=O) groups excluding carboxylic acids is 1. The maximum absolute atomic E-state index is 12.2. The summed E-state index contributed by atoms with van der Waals surface area (Å²) in [6.45, 7) is 2.01. The highest BCUT2D eigenvalue weighted by atomic mass is 16.5. The molecule has 1 saturated carbocycles. The van der Waals surface area contributed by atoms with Gasteiger partial charge in [0.25, 0.3) is 5.91 Å². The van der Waals surface area contributed by atoms with Gasteiger partial charge in [-0.05, 0) is 19.3 Å². The molecule has 0 atom stereocenters. The molecule has 1 aliphatic carbocycles. The molecule has 1 N–H and O–H groups in total. The molecule has 4 rings (SSSR count). The molecule has 116 valence electrons. The van der Waals surface area contributed by atoms with Crippen molar-refractivity contribution in [1.29, 1.82) is 0 Å². The molecule has 7 nitrogen and oxygen atoms in total. The average molecular weight is 301 g/mol. The Hall–Kier alpha value is -2.31. The second-order valence-corrected chi connectivity index (χ2v) is 5.88. The van der Waals surface area contributed by atoms with E-state index in [0.29, 0.717) is 18.2 Å². The van der Waals surface area contributed by atoms with E-state index in [0.717, 1.165) is 44.0 Å². The van der Waals surface area contributed by atoms with Crippen LogP contribution in [0.4, 0.5) is 0 Å². The second-order valence-electron chi connectivity index (χ2n) is 5.88. The normalized spacial score (nSPS) is 17.5. The summed E-state index contributed by atoms with van der Waals surface area (Å²) < 4.78 is 9.27. The lowest BCUT2D eigenvalue weighted by Gasteiger charge is -2.25. The highest BCUT2D eigenvalue weighted by Crippen LogP contribution is 2.30. The van der Waals surface area contributed by atoms with E-state index in [9.17, 15) is 4.79 Å². The third-order valence-electron chi connectivity index (χ3n) is 4.30. The van der Waals surface area contributed by atoms with Crippen LogP contribution in [-0.4, -0.2) is 32.1 Å². The predicted molar refractivity (Wildman–Crippen MR) is 78.6 cm³/mol. The van der Waals surface area contributed by atoms with E-state index in [-0.39, 0.29) is 5.91 Å². The number of amides is 1. The van der Waals surface area contributed by atoms with Gasteiger partial charge in [0.2, 0.25) is 5.88 Å². The molecule has 2 aliphatic rings. The van der Waals surface area contributed by atoms with E-state index in [4.69, 9.17) is 4.74 Å². The Morgan fingerprint density at radius 1 is 1.41 bits per heavy atom. The quantitative estimate of drug-likeness (QED) is 0.929. The van der Waals surface area contributed by atoms with Gasteiger partial charge in [-0.3, -0.25) is 9.48 Å². The molecule has 22 heavy (non-hydrogen) atoms. The number of hydrogen-bond donors (Lipinski definition) is 1. The van der Waals surface area contributed by atoms with Crippen molar-refractivity contribution in [3.8, 4) is 5.88 Å². The Morgan fingerprint density at radius 2 is 2.32 bits per heavy atom. The van der Waals surface area contributed by atoms with Crippen molar-refractivity contribution in [2.45, 2.75) is 44.8 Å². The van der Waals surface area contributed by atoms with Crippen molar-refractivity contribution in [2.75, 3.05) is 6.61 Å². The van der Waals surface area contributed by atoms with Gasteiger partial charge in [0.15, 0.2) is 0 Å². The Kier molecular flexibility index (Phi) is 3.32. The molecule has 0 radical (unpaired) electrons. The Labute approximate surface area is 128 Å². The molecule has 2 aromatic heterocycles. The fourth-order valence-corrected chi connectivity index (χ4v) is 2.78. The van der Waals surface area contributed by atoms with E-state index in [1.807, 2.05) is 21.6 Å². The predicted octanol–water partition coefficient (Wildman–Crippen LogP) is 1.52. The lowest BCUT2D eigenvalue weighted by molar-refractivity contribution is 0.0950. The lowest BCUT2D eigenvalue weighted by Crippen LogP contribution is -2.23. The number of fused-ring (bicyclic) bond motifs is 1. The average Bonchev–Trinajstić information content (AvgIpc) is 3.09. The van der Waals surface area contributed by atoms with Gasteiger partial charge in [0, 0.05) is 25.2 Å². The fourth-order valence-electron chi connectivity index (χ4n) is 2.78. The van der Waals surface area contributed by atoms with Gasteiger partial charge < -0.3 is 10.1 Å². The summed E-state index contributed by atoms with van der Waals surface area (Å²) in [5, 5.41) is 11.6. The number of nitrogens with one attached hydrogen (secondary N) is 1. The Bertz CT molecular complexity index is 662. The van der Waals surface area contributed by atoms with Gasteiger partial charge in [-0.25, -0.2) is 4.68 Å².